The predicted molar refractivity (Wildman–Crippen MR) is 73.6 cm³/mol. The number of nitrogens with zero attached hydrogens (tertiary/aromatic N) is 1. The molecular weight excluding hydrogens is 367 g/mol. The molecule has 0 heterocycles. The van der Waals surface area contributed by atoms with E-state index >= 15 is 0 Å². The minimum absolute atomic E-state index is 0.406. The summed E-state index contributed by atoms with van der Waals surface area (Å²) >= 11 is 0. The summed E-state index contributed by atoms with van der Waals surface area (Å²) in [5.41, 5.74) is 0. The summed E-state index contributed by atoms with van der Waals surface area (Å²) in [5, 5.41) is 0. The molecule has 0 aliphatic rings. The van der Waals surface area contributed by atoms with Gasteiger partial charge in [-0.1, -0.05) is 0 Å². The summed E-state index contributed by atoms with van der Waals surface area (Å²) in [6.45, 7) is 2.20. The fraction of sp³-hybridized carbons (Fsp3) is 0.917. The molecule has 0 aromatic heterocycles. The molecule has 0 atom stereocenters. The Labute approximate surface area is 135 Å². The fourth-order valence-electron chi connectivity index (χ4n) is 1.89. The van der Waals surface area contributed by atoms with E-state index in [0.29, 0.717) is 0 Å². The molecule has 0 fully saturated rings. The van der Waals surface area contributed by atoms with Gasteiger partial charge in [-0.25, -0.2) is 0 Å². The molecule has 1 amide bonds. The van der Waals surface area contributed by atoms with Crippen LogP contribution in [-0.4, -0.2) is 54.6 Å². The van der Waals surface area contributed by atoms with Gasteiger partial charge in [0.2, 0.25) is 5.91 Å². The second-order valence-corrected chi connectivity index (χ2v) is 7.59. The lowest BCUT2D eigenvalue weighted by atomic mass is 10.2. The highest BCUT2D eigenvalue weighted by Gasteiger charge is 2.41. The van der Waals surface area contributed by atoms with Crippen molar-refractivity contribution in [1.82, 2.24) is 4.90 Å². The van der Waals surface area contributed by atoms with Gasteiger partial charge >= 0.3 is 19.9 Å². The largest absolute Gasteiger partial charge is 0.412 e. The molecule has 0 rings (SSSR count). The Bertz CT molecular complexity index is 433. The average molecular weight is 387 g/mol. The molecule has 5 nitrogen and oxygen atoms in total. The van der Waals surface area contributed by atoms with Crippen molar-refractivity contribution in [1.29, 1.82) is 0 Å². The van der Waals surface area contributed by atoms with E-state index in [9.17, 15) is 35.7 Å². The summed E-state index contributed by atoms with van der Waals surface area (Å²) in [7, 11) is -4.93. The zero-order chi connectivity index (χ0) is 19.3. The standard InChI is InChI=1S/C12H20F6NO4P/c1-8(2)19(9(3)4)10(20)5-24(21,22-6-11(13,14)15)23-7-12(16,17)18/h8-9H,5-7H2,1-4H3. The Balaban J connectivity index is 5.24. The van der Waals surface area contributed by atoms with E-state index in [1.54, 1.807) is 27.7 Å². The molecule has 0 radical (unpaired) electrons. The zero-order valence-corrected chi connectivity index (χ0v) is 14.5. The van der Waals surface area contributed by atoms with Crippen LogP contribution >= 0.6 is 7.60 Å². The van der Waals surface area contributed by atoms with Crippen molar-refractivity contribution in [3.8, 4) is 0 Å². The molecule has 0 unspecified atom stereocenters. The molecule has 0 aliphatic heterocycles. The van der Waals surface area contributed by atoms with E-state index in [4.69, 9.17) is 0 Å². The molecule has 24 heavy (non-hydrogen) atoms. The van der Waals surface area contributed by atoms with Crippen LogP contribution in [0.1, 0.15) is 27.7 Å². The van der Waals surface area contributed by atoms with E-state index in [1.807, 2.05) is 0 Å². The van der Waals surface area contributed by atoms with Gasteiger partial charge in [-0.3, -0.25) is 18.4 Å². The highest BCUT2D eigenvalue weighted by molar-refractivity contribution is 7.54. The van der Waals surface area contributed by atoms with Crippen LogP contribution in [0.4, 0.5) is 26.3 Å². The van der Waals surface area contributed by atoms with Crippen molar-refractivity contribution < 1.29 is 44.7 Å². The van der Waals surface area contributed by atoms with Crippen LogP contribution in [0.25, 0.3) is 0 Å². The normalized spacial score (nSPS) is 13.7. The van der Waals surface area contributed by atoms with Crippen LogP contribution < -0.4 is 0 Å². The summed E-state index contributed by atoms with van der Waals surface area (Å²) in [6.07, 6.45) is -11.1. The van der Waals surface area contributed by atoms with Gasteiger partial charge < -0.3 is 4.90 Å². The van der Waals surface area contributed by atoms with Crippen molar-refractivity contribution in [2.45, 2.75) is 52.1 Å². The molecule has 0 spiro atoms. The molecule has 0 saturated carbocycles. The first kappa shape index (κ1) is 23.2. The molecule has 0 aromatic carbocycles. The van der Waals surface area contributed by atoms with Crippen molar-refractivity contribution in [3.63, 3.8) is 0 Å². The van der Waals surface area contributed by atoms with Crippen molar-refractivity contribution in [2.24, 2.45) is 0 Å². The van der Waals surface area contributed by atoms with Gasteiger partial charge in [0.1, 0.15) is 6.16 Å². The van der Waals surface area contributed by atoms with Crippen LogP contribution in [0, 0.1) is 0 Å². The number of hydrogen-bond acceptors (Lipinski definition) is 4. The Morgan fingerprint density at radius 1 is 0.917 bits per heavy atom. The number of rotatable bonds is 8. The Morgan fingerprint density at radius 2 is 1.25 bits per heavy atom. The van der Waals surface area contributed by atoms with E-state index in [1.165, 1.54) is 4.90 Å². The highest BCUT2D eigenvalue weighted by atomic mass is 31.2. The quantitative estimate of drug-likeness (QED) is 0.467. The Hall–Kier alpha value is -0.800. The predicted octanol–water partition coefficient (Wildman–Crippen LogP) is 3.98. The van der Waals surface area contributed by atoms with Gasteiger partial charge in [0.25, 0.3) is 0 Å². The molecule has 0 N–H and O–H groups in total. The molecule has 12 heteroatoms. The van der Waals surface area contributed by atoms with Crippen molar-refractivity contribution in [2.75, 3.05) is 19.4 Å². The van der Waals surface area contributed by atoms with Crippen LogP contribution in [0.3, 0.4) is 0 Å². The van der Waals surface area contributed by atoms with E-state index in [-0.39, 0.29) is 0 Å². The number of amides is 1. The van der Waals surface area contributed by atoms with Gasteiger partial charge in [-0.05, 0) is 27.7 Å². The number of carbonyl (C=O) groups is 1. The smallest absolute Gasteiger partial charge is 0.337 e. The van der Waals surface area contributed by atoms with E-state index < -0.39 is 57.3 Å². The second kappa shape index (κ2) is 8.53. The summed E-state index contributed by atoms with van der Waals surface area (Å²) in [4.78, 5) is 13.3. The first-order valence-electron chi connectivity index (χ1n) is 6.89. The van der Waals surface area contributed by atoms with Crippen LogP contribution in [0.5, 0.6) is 0 Å². The van der Waals surface area contributed by atoms with Crippen LogP contribution in [-0.2, 0) is 18.4 Å². The number of carbonyl (C=O) groups excluding carboxylic acids is 1. The number of alkyl halides is 6. The maximum Gasteiger partial charge on any atom is 0.412 e. The lowest BCUT2D eigenvalue weighted by Gasteiger charge is -2.32. The Kier molecular flexibility index (Phi) is 8.25. The molecule has 0 aliphatic carbocycles. The van der Waals surface area contributed by atoms with Gasteiger partial charge in [-0.15, -0.1) is 0 Å². The van der Waals surface area contributed by atoms with Gasteiger partial charge in [0, 0.05) is 12.1 Å². The third-order valence-corrected chi connectivity index (χ3v) is 4.28. The van der Waals surface area contributed by atoms with Gasteiger partial charge in [-0.2, -0.15) is 26.3 Å². The summed E-state index contributed by atoms with van der Waals surface area (Å²) in [6, 6.07) is -0.813. The van der Waals surface area contributed by atoms with Gasteiger partial charge in [0.15, 0.2) is 13.2 Å². The number of hydrogen-bond donors (Lipinski definition) is 0. The minimum atomic E-state index is -4.93. The lowest BCUT2D eigenvalue weighted by Crippen LogP contribution is -2.43. The van der Waals surface area contributed by atoms with E-state index in [0.717, 1.165) is 0 Å². The highest BCUT2D eigenvalue weighted by Crippen LogP contribution is 2.50. The lowest BCUT2D eigenvalue weighted by molar-refractivity contribution is -0.166. The van der Waals surface area contributed by atoms with Crippen LogP contribution in [0.2, 0.25) is 0 Å². The van der Waals surface area contributed by atoms with Crippen LogP contribution in [0.15, 0.2) is 0 Å². The Morgan fingerprint density at radius 3 is 1.50 bits per heavy atom. The van der Waals surface area contributed by atoms with Crippen molar-refractivity contribution >= 4 is 13.5 Å². The second-order valence-electron chi connectivity index (χ2n) is 5.53. The zero-order valence-electron chi connectivity index (χ0n) is 13.6. The first-order valence-corrected chi connectivity index (χ1v) is 8.62. The maximum atomic E-state index is 12.2. The van der Waals surface area contributed by atoms with E-state index in [2.05, 4.69) is 9.05 Å². The fourth-order valence-corrected chi connectivity index (χ4v) is 3.33. The molecule has 0 bridgehead atoms. The summed E-state index contributed by atoms with van der Waals surface area (Å²) < 4.78 is 93.4. The topological polar surface area (TPSA) is 55.8 Å². The summed E-state index contributed by atoms with van der Waals surface area (Å²) in [5.74, 6) is -0.923. The monoisotopic (exact) mass is 387 g/mol. The van der Waals surface area contributed by atoms with Crippen molar-refractivity contribution in [3.05, 3.63) is 0 Å². The SMILES string of the molecule is CC(C)N(C(=O)CP(=O)(OCC(F)(F)F)OCC(F)(F)F)C(C)C. The third kappa shape index (κ3) is 9.48. The molecule has 0 saturated heterocycles. The molecule has 0 aromatic rings. The minimum Gasteiger partial charge on any atom is -0.337 e. The maximum absolute atomic E-state index is 12.2. The number of halogens is 6. The van der Waals surface area contributed by atoms with Gasteiger partial charge in [0.05, 0.1) is 0 Å². The third-order valence-electron chi connectivity index (χ3n) is 2.58. The molecule has 144 valence electrons. The average Bonchev–Trinajstić information content (AvgIpc) is 2.31. The first-order chi connectivity index (χ1) is 10.6. The molecular formula is C12H20F6NO4P.